The Kier molecular flexibility index (Phi) is 5.34. The maximum atomic E-state index is 13.2. The highest BCUT2D eigenvalue weighted by molar-refractivity contribution is 5.74. The second-order valence-electron chi connectivity index (χ2n) is 6.01. The van der Waals surface area contributed by atoms with Crippen LogP contribution in [0.5, 0.6) is 0 Å². The first kappa shape index (κ1) is 16.7. The van der Waals surface area contributed by atoms with Crippen LogP contribution in [0.4, 0.5) is 13.6 Å². The van der Waals surface area contributed by atoms with Crippen molar-refractivity contribution in [3.05, 3.63) is 35.4 Å². The van der Waals surface area contributed by atoms with Crippen molar-refractivity contribution in [2.75, 3.05) is 6.54 Å². The normalized spacial score (nSPS) is 18.5. The number of hydrogen-bond donors (Lipinski definition) is 3. The molecule has 1 aromatic carbocycles. The van der Waals surface area contributed by atoms with Crippen LogP contribution in [0, 0.1) is 11.6 Å². The molecule has 1 saturated carbocycles. The Morgan fingerprint density at radius 2 is 1.95 bits per heavy atom. The summed E-state index contributed by atoms with van der Waals surface area (Å²) < 4.78 is 26.1. The number of benzene rings is 1. The summed E-state index contributed by atoms with van der Waals surface area (Å²) >= 11 is 0. The molecule has 22 heavy (non-hydrogen) atoms. The number of halogens is 2. The molecule has 0 aliphatic heterocycles. The van der Waals surface area contributed by atoms with Gasteiger partial charge in [-0.3, -0.25) is 0 Å². The lowest BCUT2D eigenvalue weighted by molar-refractivity contribution is 0.00714. The second kappa shape index (κ2) is 7.05. The van der Waals surface area contributed by atoms with Crippen LogP contribution in [-0.2, 0) is 0 Å². The summed E-state index contributed by atoms with van der Waals surface area (Å²) in [5.74, 6) is -1.86. The van der Waals surface area contributed by atoms with Crippen LogP contribution in [0.15, 0.2) is 18.2 Å². The van der Waals surface area contributed by atoms with Gasteiger partial charge < -0.3 is 15.7 Å². The van der Waals surface area contributed by atoms with Gasteiger partial charge in [0.1, 0.15) is 0 Å². The molecular formula is C16H22F2N2O2. The van der Waals surface area contributed by atoms with Crippen molar-refractivity contribution in [3.63, 3.8) is 0 Å². The van der Waals surface area contributed by atoms with Crippen molar-refractivity contribution in [1.82, 2.24) is 10.6 Å². The first-order chi connectivity index (χ1) is 10.4. The smallest absolute Gasteiger partial charge is 0.315 e. The van der Waals surface area contributed by atoms with E-state index in [9.17, 15) is 18.7 Å². The summed E-state index contributed by atoms with van der Waals surface area (Å²) in [5.41, 5.74) is -0.355. The SMILES string of the molecule is CC(NC(=O)NCC1(O)CCCCC1)c1ccc(F)c(F)c1. The molecule has 1 atom stereocenters. The van der Waals surface area contributed by atoms with Crippen LogP contribution in [0.1, 0.15) is 50.6 Å². The maximum Gasteiger partial charge on any atom is 0.315 e. The summed E-state index contributed by atoms with van der Waals surface area (Å²) in [7, 11) is 0. The molecule has 4 nitrogen and oxygen atoms in total. The number of amides is 2. The topological polar surface area (TPSA) is 61.4 Å². The molecule has 0 heterocycles. The van der Waals surface area contributed by atoms with Gasteiger partial charge in [-0.1, -0.05) is 25.3 Å². The van der Waals surface area contributed by atoms with E-state index < -0.39 is 29.3 Å². The van der Waals surface area contributed by atoms with Crippen LogP contribution < -0.4 is 10.6 Å². The maximum absolute atomic E-state index is 13.2. The van der Waals surface area contributed by atoms with E-state index in [2.05, 4.69) is 10.6 Å². The van der Waals surface area contributed by atoms with Gasteiger partial charge >= 0.3 is 6.03 Å². The molecule has 2 rings (SSSR count). The first-order valence-electron chi connectivity index (χ1n) is 7.61. The average Bonchev–Trinajstić information content (AvgIpc) is 2.49. The van der Waals surface area contributed by atoms with Gasteiger partial charge in [-0.2, -0.15) is 0 Å². The van der Waals surface area contributed by atoms with Crippen molar-refractivity contribution in [2.24, 2.45) is 0 Å². The van der Waals surface area contributed by atoms with Crippen molar-refractivity contribution in [1.29, 1.82) is 0 Å². The van der Waals surface area contributed by atoms with Crippen molar-refractivity contribution in [3.8, 4) is 0 Å². The lowest BCUT2D eigenvalue weighted by atomic mass is 9.85. The quantitative estimate of drug-likeness (QED) is 0.800. The minimum atomic E-state index is -0.942. The molecular weight excluding hydrogens is 290 g/mol. The Balaban J connectivity index is 1.84. The van der Waals surface area contributed by atoms with E-state index in [0.717, 1.165) is 31.4 Å². The van der Waals surface area contributed by atoms with Crippen molar-refractivity contribution in [2.45, 2.75) is 50.7 Å². The molecule has 122 valence electrons. The second-order valence-corrected chi connectivity index (χ2v) is 6.01. The lowest BCUT2D eigenvalue weighted by Gasteiger charge is -2.32. The van der Waals surface area contributed by atoms with E-state index in [0.29, 0.717) is 18.4 Å². The number of aliphatic hydroxyl groups is 1. The Labute approximate surface area is 128 Å². The fourth-order valence-corrected chi connectivity index (χ4v) is 2.74. The third-order valence-corrected chi connectivity index (χ3v) is 4.15. The van der Waals surface area contributed by atoms with Crippen molar-refractivity contribution >= 4 is 6.03 Å². The largest absolute Gasteiger partial charge is 0.388 e. The Bertz CT molecular complexity index is 531. The number of hydrogen-bond acceptors (Lipinski definition) is 2. The van der Waals surface area contributed by atoms with Crippen LogP contribution in [0.25, 0.3) is 0 Å². The molecule has 0 aromatic heterocycles. The summed E-state index contributed by atoms with van der Waals surface area (Å²) in [6.07, 6.45) is 4.41. The highest BCUT2D eigenvalue weighted by Crippen LogP contribution is 2.27. The van der Waals surface area contributed by atoms with Gasteiger partial charge in [-0.05, 0) is 37.5 Å². The molecule has 3 N–H and O–H groups in total. The van der Waals surface area contributed by atoms with Crippen molar-refractivity contribution < 1.29 is 18.7 Å². The molecule has 1 aliphatic rings. The lowest BCUT2D eigenvalue weighted by Crippen LogP contribution is -2.47. The molecule has 2 amide bonds. The van der Waals surface area contributed by atoms with E-state index in [4.69, 9.17) is 0 Å². The van der Waals surface area contributed by atoms with Gasteiger partial charge in [-0.15, -0.1) is 0 Å². The van der Waals surface area contributed by atoms with Gasteiger partial charge in [0, 0.05) is 6.54 Å². The fraction of sp³-hybridized carbons (Fsp3) is 0.562. The average molecular weight is 312 g/mol. The third kappa shape index (κ3) is 4.40. The van der Waals surface area contributed by atoms with E-state index in [1.165, 1.54) is 6.07 Å². The number of nitrogens with one attached hydrogen (secondary N) is 2. The monoisotopic (exact) mass is 312 g/mol. The molecule has 1 aliphatic carbocycles. The van der Waals surface area contributed by atoms with E-state index in [1.807, 2.05) is 0 Å². The third-order valence-electron chi connectivity index (χ3n) is 4.15. The predicted octanol–water partition coefficient (Wildman–Crippen LogP) is 3.02. The number of carbonyl (C=O) groups is 1. The molecule has 6 heteroatoms. The number of urea groups is 1. The van der Waals surface area contributed by atoms with Gasteiger partial charge in [0.25, 0.3) is 0 Å². The van der Waals surface area contributed by atoms with Gasteiger partial charge in [0.05, 0.1) is 11.6 Å². The molecule has 1 unspecified atom stereocenters. The van der Waals surface area contributed by atoms with Crippen LogP contribution in [-0.4, -0.2) is 23.3 Å². The zero-order chi connectivity index (χ0) is 16.2. The molecule has 0 bridgehead atoms. The highest BCUT2D eigenvalue weighted by Gasteiger charge is 2.29. The minimum absolute atomic E-state index is 0.198. The zero-order valence-electron chi connectivity index (χ0n) is 12.7. The molecule has 0 spiro atoms. The van der Waals surface area contributed by atoms with Gasteiger partial charge in [0.15, 0.2) is 11.6 Å². The van der Waals surface area contributed by atoms with E-state index in [-0.39, 0.29) is 6.54 Å². The minimum Gasteiger partial charge on any atom is -0.388 e. The van der Waals surface area contributed by atoms with E-state index in [1.54, 1.807) is 6.92 Å². The summed E-state index contributed by atoms with van der Waals surface area (Å²) in [6.45, 7) is 1.88. The van der Waals surface area contributed by atoms with Crippen LogP contribution in [0.3, 0.4) is 0 Å². The fourth-order valence-electron chi connectivity index (χ4n) is 2.74. The summed E-state index contributed by atoms with van der Waals surface area (Å²) in [6, 6.07) is 2.63. The van der Waals surface area contributed by atoms with Gasteiger partial charge in [-0.25, -0.2) is 13.6 Å². The molecule has 0 radical (unpaired) electrons. The summed E-state index contributed by atoms with van der Waals surface area (Å²) in [5, 5.41) is 15.6. The number of rotatable bonds is 4. The highest BCUT2D eigenvalue weighted by atomic mass is 19.2. The van der Waals surface area contributed by atoms with Crippen LogP contribution in [0.2, 0.25) is 0 Å². The van der Waals surface area contributed by atoms with E-state index >= 15 is 0 Å². The van der Waals surface area contributed by atoms with Crippen LogP contribution >= 0.6 is 0 Å². The molecule has 0 saturated heterocycles. The standard InChI is InChI=1S/C16H22F2N2O2/c1-11(12-5-6-13(17)14(18)9-12)20-15(21)19-10-16(22)7-3-2-4-8-16/h5-6,9,11,22H,2-4,7-8,10H2,1H3,(H2,19,20,21). The summed E-state index contributed by atoms with van der Waals surface area (Å²) in [4.78, 5) is 11.9. The predicted molar refractivity (Wildman–Crippen MR) is 79.3 cm³/mol. The zero-order valence-corrected chi connectivity index (χ0v) is 12.7. The molecule has 1 fully saturated rings. The molecule has 1 aromatic rings. The Morgan fingerprint density at radius 3 is 2.59 bits per heavy atom. The first-order valence-corrected chi connectivity index (χ1v) is 7.61. The van der Waals surface area contributed by atoms with Gasteiger partial charge in [0.2, 0.25) is 0 Å². The Hall–Kier alpha value is -1.69. The Morgan fingerprint density at radius 1 is 1.27 bits per heavy atom. The number of carbonyl (C=O) groups excluding carboxylic acids is 1.